The Morgan fingerprint density at radius 3 is 2.71 bits per heavy atom. The van der Waals surface area contributed by atoms with Crippen LogP contribution in [0.4, 0.5) is 11.4 Å². The molecule has 0 bridgehead atoms. The zero-order chi connectivity index (χ0) is 15.1. The lowest BCUT2D eigenvalue weighted by Gasteiger charge is -2.07. The van der Waals surface area contributed by atoms with Gasteiger partial charge in [0, 0.05) is 12.6 Å². The number of hydrogen-bond donors (Lipinski definition) is 2. The van der Waals surface area contributed by atoms with Crippen LogP contribution >= 0.6 is 0 Å². The van der Waals surface area contributed by atoms with Crippen molar-refractivity contribution in [3.63, 3.8) is 0 Å². The summed E-state index contributed by atoms with van der Waals surface area (Å²) in [6, 6.07) is 3.05. The van der Waals surface area contributed by atoms with Crippen molar-refractivity contribution < 1.29 is 9.55 Å². The van der Waals surface area contributed by atoms with E-state index in [2.05, 4.69) is 32.5 Å². The van der Waals surface area contributed by atoms with Gasteiger partial charge in [-0.05, 0) is 42.3 Å². The van der Waals surface area contributed by atoms with Crippen LogP contribution in [-0.2, 0) is 0 Å². The van der Waals surface area contributed by atoms with Gasteiger partial charge >= 0.3 is 5.69 Å². The fraction of sp³-hybridized carbons (Fsp3) is 0.538. The zero-order valence-electron chi connectivity index (χ0n) is 12.0. The van der Waals surface area contributed by atoms with E-state index >= 15 is 0 Å². The number of rotatable bonds is 9. The summed E-state index contributed by atoms with van der Waals surface area (Å²) in [7, 11) is 0. The van der Waals surface area contributed by atoms with E-state index in [0.717, 1.165) is 26.1 Å². The molecule has 1 heterocycles. The number of nitro groups is 1. The van der Waals surface area contributed by atoms with Gasteiger partial charge in [-0.25, -0.2) is 4.63 Å². The van der Waals surface area contributed by atoms with Crippen LogP contribution in [0.1, 0.15) is 26.2 Å². The monoisotopic (exact) mass is 293 g/mol. The van der Waals surface area contributed by atoms with Crippen LogP contribution in [0.5, 0.6) is 0 Å². The third-order valence-electron chi connectivity index (χ3n) is 3.14. The van der Waals surface area contributed by atoms with Crippen LogP contribution in [0.25, 0.3) is 11.0 Å². The van der Waals surface area contributed by atoms with Gasteiger partial charge in [-0.2, -0.15) is 0 Å². The Balaban J connectivity index is 1.90. The van der Waals surface area contributed by atoms with Gasteiger partial charge in [0.1, 0.15) is 0 Å². The van der Waals surface area contributed by atoms with Gasteiger partial charge in [-0.15, -0.1) is 0 Å². The molecule has 0 fully saturated rings. The highest BCUT2D eigenvalue weighted by Crippen LogP contribution is 2.28. The highest BCUT2D eigenvalue weighted by Gasteiger charge is 2.19. The van der Waals surface area contributed by atoms with E-state index in [1.165, 1.54) is 18.9 Å². The molecule has 2 rings (SSSR count). The fourth-order valence-corrected chi connectivity index (χ4v) is 2.01. The maximum absolute atomic E-state index is 10.9. The molecular formula is C13H19N5O3. The van der Waals surface area contributed by atoms with Gasteiger partial charge in [-0.3, -0.25) is 10.1 Å². The van der Waals surface area contributed by atoms with Gasteiger partial charge in [0.2, 0.25) is 5.52 Å². The number of aromatic nitrogens is 2. The largest absolute Gasteiger partial charge is 0.383 e. The number of unbranched alkanes of at least 4 members (excludes halogenated alkanes) is 1. The average Bonchev–Trinajstić information content (AvgIpc) is 2.95. The number of anilines is 1. The van der Waals surface area contributed by atoms with Crippen LogP contribution in [0.3, 0.4) is 0 Å². The minimum Gasteiger partial charge on any atom is -0.383 e. The van der Waals surface area contributed by atoms with E-state index < -0.39 is 4.92 Å². The van der Waals surface area contributed by atoms with Crippen molar-refractivity contribution in [2.75, 3.05) is 25.0 Å². The Kier molecular flexibility index (Phi) is 5.44. The Morgan fingerprint density at radius 1 is 1.19 bits per heavy atom. The van der Waals surface area contributed by atoms with E-state index in [1.807, 2.05) is 0 Å². The van der Waals surface area contributed by atoms with Crippen molar-refractivity contribution >= 4 is 22.4 Å². The first-order valence-corrected chi connectivity index (χ1v) is 7.08. The van der Waals surface area contributed by atoms with E-state index in [9.17, 15) is 10.1 Å². The molecule has 1 aromatic carbocycles. The maximum Gasteiger partial charge on any atom is 0.300 e. The number of nitro benzene ring substituents is 1. The summed E-state index contributed by atoms with van der Waals surface area (Å²) in [5.74, 6) is 0. The minimum atomic E-state index is -0.492. The molecule has 0 unspecified atom stereocenters. The third-order valence-corrected chi connectivity index (χ3v) is 3.14. The van der Waals surface area contributed by atoms with Crippen molar-refractivity contribution in [2.24, 2.45) is 0 Å². The molecule has 0 aliphatic heterocycles. The summed E-state index contributed by atoms with van der Waals surface area (Å²) in [6.07, 6.45) is 3.32. The first-order chi connectivity index (χ1) is 10.2. The van der Waals surface area contributed by atoms with Gasteiger partial charge in [-0.1, -0.05) is 13.3 Å². The Hall–Kier alpha value is -2.22. The van der Waals surface area contributed by atoms with Crippen LogP contribution in [0, 0.1) is 10.1 Å². The molecule has 8 nitrogen and oxygen atoms in total. The first-order valence-electron chi connectivity index (χ1n) is 7.08. The molecule has 8 heteroatoms. The van der Waals surface area contributed by atoms with Crippen LogP contribution in [0.2, 0.25) is 0 Å². The van der Waals surface area contributed by atoms with E-state index in [1.54, 1.807) is 6.07 Å². The smallest absolute Gasteiger partial charge is 0.300 e. The normalized spacial score (nSPS) is 10.9. The summed E-state index contributed by atoms with van der Waals surface area (Å²) in [5.41, 5.74) is 1.16. The van der Waals surface area contributed by atoms with E-state index in [-0.39, 0.29) is 11.2 Å². The summed E-state index contributed by atoms with van der Waals surface area (Å²) in [5, 5.41) is 24.8. The molecule has 0 saturated heterocycles. The third kappa shape index (κ3) is 3.88. The second kappa shape index (κ2) is 7.53. The standard InChI is InChI=1S/C13H19N5O3/c1-2-3-7-14-8-4-9-15-10-5-6-11(18(19)20)13-12(10)16-21-17-13/h5-6,14-15H,2-4,7-9H2,1H3. The van der Waals surface area contributed by atoms with Crippen molar-refractivity contribution in [3.8, 4) is 0 Å². The van der Waals surface area contributed by atoms with E-state index in [0.29, 0.717) is 11.2 Å². The number of non-ortho nitro benzene ring substituents is 1. The van der Waals surface area contributed by atoms with Gasteiger partial charge in [0.05, 0.1) is 10.6 Å². The molecule has 0 aliphatic rings. The van der Waals surface area contributed by atoms with Crippen molar-refractivity contribution in [1.29, 1.82) is 0 Å². The summed E-state index contributed by atoms with van der Waals surface area (Å²) in [6.45, 7) is 4.87. The highest BCUT2D eigenvalue weighted by molar-refractivity contribution is 5.93. The Labute approximate surface area is 122 Å². The number of nitrogens with zero attached hydrogens (tertiary/aromatic N) is 3. The molecule has 0 radical (unpaired) electrons. The first kappa shape index (κ1) is 15.2. The molecule has 0 amide bonds. The van der Waals surface area contributed by atoms with Crippen LogP contribution < -0.4 is 10.6 Å². The van der Waals surface area contributed by atoms with Gasteiger partial charge in [0.15, 0.2) is 5.52 Å². The van der Waals surface area contributed by atoms with E-state index in [4.69, 9.17) is 0 Å². The lowest BCUT2D eigenvalue weighted by Crippen LogP contribution is -2.19. The predicted molar refractivity (Wildman–Crippen MR) is 79.3 cm³/mol. The molecule has 0 atom stereocenters. The molecule has 2 aromatic rings. The summed E-state index contributed by atoms with van der Waals surface area (Å²) >= 11 is 0. The SMILES string of the molecule is CCCCNCCCNc1ccc([N+](=O)[O-])c2nonc12. The average molecular weight is 293 g/mol. The molecule has 2 N–H and O–H groups in total. The second-order valence-electron chi connectivity index (χ2n) is 4.73. The van der Waals surface area contributed by atoms with Crippen molar-refractivity contribution in [2.45, 2.75) is 26.2 Å². The van der Waals surface area contributed by atoms with Crippen molar-refractivity contribution in [3.05, 3.63) is 22.2 Å². The number of fused-ring (bicyclic) bond motifs is 1. The second-order valence-corrected chi connectivity index (χ2v) is 4.73. The predicted octanol–water partition coefficient (Wildman–Crippen LogP) is 2.32. The summed E-state index contributed by atoms with van der Waals surface area (Å²) < 4.78 is 4.61. The molecule has 0 aliphatic carbocycles. The quantitative estimate of drug-likeness (QED) is 0.415. The maximum atomic E-state index is 10.9. The molecule has 21 heavy (non-hydrogen) atoms. The zero-order valence-corrected chi connectivity index (χ0v) is 12.0. The minimum absolute atomic E-state index is 0.0990. The molecule has 114 valence electrons. The van der Waals surface area contributed by atoms with Crippen LogP contribution in [-0.4, -0.2) is 34.9 Å². The molecule has 0 saturated carbocycles. The summed E-state index contributed by atoms with van der Waals surface area (Å²) in [4.78, 5) is 10.4. The number of benzene rings is 1. The molecule has 1 aromatic heterocycles. The lowest BCUT2D eigenvalue weighted by molar-refractivity contribution is -0.383. The topological polar surface area (TPSA) is 106 Å². The Bertz CT molecular complexity index is 599. The molecule has 0 spiro atoms. The number of hydrogen-bond acceptors (Lipinski definition) is 7. The van der Waals surface area contributed by atoms with Crippen LogP contribution in [0.15, 0.2) is 16.8 Å². The molecular weight excluding hydrogens is 274 g/mol. The number of nitrogens with one attached hydrogen (secondary N) is 2. The fourth-order valence-electron chi connectivity index (χ4n) is 2.01. The van der Waals surface area contributed by atoms with Crippen molar-refractivity contribution in [1.82, 2.24) is 15.6 Å². The van der Waals surface area contributed by atoms with Gasteiger partial charge < -0.3 is 10.6 Å². The highest BCUT2D eigenvalue weighted by atomic mass is 16.6. The lowest BCUT2D eigenvalue weighted by atomic mass is 10.2. The van der Waals surface area contributed by atoms with Gasteiger partial charge in [0.25, 0.3) is 0 Å². The Morgan fingerprint density at radius 2 is 1.95 bits per heavy atom.